The zero-order valence-corrected chi connectivity index (χ0v) is 8.76. The summed E-state index contributed by atoms with van der Waals surface area (Å²) in [4.78, 5) is 3.11. The van der Waals surface area contributed by atoms with E-state index in [-0.39, 0.29) is 5.41 Å². The topological polar surface area (TPSA) is 36.0 Å². The van der Waals surface area contributed by atoms with Crippen molar-refractivity contribution in [3.8, 4) is 5.75 Å². The van der Waals surface area contributed by atoms with E-state index in [1.165, 1.54) is 5.56 Å². The van der Waals surface area contributed by atoms with Crippen molar-refractivity contribution in [2.24, 2.45) is 0 Å². The number of para-hydroxylation sites is 1. The Morgan fingerprint density at radius 1 is 1.21 bits per heavy atom. The van der Waals surface area contributed by atoms with E-state index in [2.05, 4.69) is 25.8 Å². The maximum absolute atomic E-state index is 9.62. The third-order valence-electron chi connectivity index (χ3n) is 2.50. The van der Waals surface area contributed by atoms with Crippen LogP contribution in [0.15, 0.2) is 24.4 Å². The van der Waals surface area contributed by atoms with Crippen LogP contribution < -0.4 is 0 Å². The normalized spacial score (nSPS) is 12.2. The first-order chi connectivity index (χ1) is 6.50. The number of aromatic nitrogens is 1. The van der Waals surface area contributed by atoms with Gasteiger partial charge in [-0.1, -0.05) is 32.9 Å². The molecular formula is C12H15NO. The number of aromatic hydroxyl groups is 1. The van der Waals surface area contributed by atoms with Crippen molar-refractivity contribution in [1.82, 2.24) is 4.98 Å². The lowest BCUT2D eigenvalue weighted by atomic mass is 9.87. The van der Waals surface area contributed by atoms with Crippen molar-refractivity contribution in [3.63, 3.8) is 0 Å². The van der Waals surface area contributed by atoms with Crippen LogP contribution in [0.5, 0.6) is 5.75 Å². The van der Waals surface area contributed by atoms with E-state index >= 15 is 0 Å². The van der Waals surface area contributed by atoms with Crippen molar-refractivity contribution in [2.45, 2.75) is 26.2 Å². The monoisotopic (exact) mass is 189 g/mol. The lowest BCUT2D eigenvalue weighted by molar-refractivity contribution is 0.480. The van der Waals surface area contributed by atoms with Gasteiger partial charge in [-0.2, -0.15) is 0 Å². The Bertz CT molecular complexity index is 463. The molecule has 0 amide bonds. The highest BCUT2D eigenvalue weighted by molar-refractivity contribution is 5.88. The first-order valence-corrected chi connectivity index (χ1v) is 4.79. The molecule has 0 atom stereocenters. The molecule has 2 N–H and O–H groups in total. The zero-order valence-electron chi connectivity index (χ0n) is 8.76. The summed E-state index contributed by atoms with van der Waals surface area (Å²) >= 11 is 0. The summed E-state index contributed by atoms with van der Waals surface area (Å²) < 4.78 is 0. The molecule has 74 valence electrons. The van der Waals surface area contributed by atoms with Crippen LogP contribution in [0.4, 0.5) is 0 Å². The van der Waals surface area contributed by atoms with E-state index in [4.69, 9.17) is 0 Å². The predicted molar refractivity (Wildman–Crippen MR) is 58.7 cm³/mol. The molecule has 1 aromatic heterocycles. The number of rotatable bonds is 0. The van der Waals surface area contributed by atoms with Crippen molar-refractivity contribution in [2.75, 3.05) is 0 Å². The van der Waals surface area contributed by atoms with Crippen LogP contribution in [0, 0.1) is 0 Å². The third kappa shape index (κ3) is 1.27. The van der Waals surface area contributed by atoms with Gasteiger partial charge in [0.25, 0.3) is 0 Å². The Morgan fingerprint density at radius 2 is 1.93 bits per heavy atom. The summed E-state index contributed by atoms with van der Waals surface area (Å²) in [6, 6.07) is 5.61. The molecule has 0 saturated carbocycles. The van der Waals surface area contributed by atoms with Gasteiger partial charge in [0.05, 0.1) is 5.52 Å². The minimum Gasteiger partial charge on any atom is -0.506 e. The first kappa shape index (κ1) is 9.13. The summed E-state index contributed by atoms with van der Waals surface area (Å²) in [7, 11) is 0. The molecule has 1 heterocycles. The van der Waals surface area contributed by atoms with E-state index < -0.39 is 0 Å². The van der Waals surface area contributed by atoms with Crippen LogP contribution in [0.25, 0.3) is 10.9 Å². The van der Waals surface area contributed by atoms with Crippen molar-refractivity contribution < 1.29 is 5.11 Å². The molecule has 2 aromatic rings. The van der Waals surface area contributed by atoms with Crippen molar-refractivity contribution in [3.05, 3.63) is 30.0 Å². The van der Waals surface area contributed by atoms with Crippen molar-refractivity contribution >= 4 is 10.9 Å². The lowest BCUT2D eigenvalue weighted by Crippen LogP contribution is -2.09. The highest BCUT2D eigenvalue weighted by atomic mass is 16.3. The Hall–Kier alpha value is -1.44. The molecule has 1 aromatic carbocycles. The van der Waals surface area contributed by atoms with Gasteiger partial charge in [-0.25, -0.2) is 0 Å². The summed E-state index contributed by atoms with van der Waals surface area (Å²) in [5.74, 6) is 0.318. The van der Waals surface area contributed by atoms with E-state index in [1.807, 2.05) is 18.3 Å². The lowest BCUT2D eigenvalue weighted by Gasteiger charge is -2.17. The van der Waals surface area contributed by atoms with Gasteiger partial charge in [0.1, 0.15) is 5.75 Å². The zero-order chi connectivity index (χ0) is 10.3. The predicted octanol–water partition coefficient (Wildman–Crippen LogP) is 3.17. The summed E-state index contributed by atoms with van der Waals surface area (Å²) in [6.07, 6.45) is 1.98. The number of aromatic amines is 1. The average molecular weight is 189 g/mol. The van der Waals surface area contributed by atoms with Gasteiger partial charge < -0.3 is 10.1 Å². The van der Waals surface area contributed by atoms with Gasteiger partial charge in [-0.05, 0) is 17.0 Å². The van der Waals surface area contributed by atoms with Crippen LogP contribution in [-0.4, -0.2) is 10.1 Å². The molecule has 0 spiro atoms. The van der Waals surface area contributed by atoms with E-state index in [0.717, 1.165) is 10.9 Å². The molecule has 2 rings (SSSR count). The highest BCUT2D eigenvalue weighted by Gasteiger charge is 2.18. The molecule has 0 aliphatic carbocycles. The van der Waals surface area contributed by atoms with Crippen LogP contribution in [0.3, 0.4) is 0 Å². The maximum Gasteiger partial charge on any atom is 0.139 e. The molecule has 2 heteroatoms. The highest BCUT2D eigenvalue weighted by Crippen LogP contribution is 2.33. The SMILES string of the molecule is CC(C)(C)c1c[nH]c2c(O)cccc12. The fraction of sp³-hybridized carbons (Fsp3) is 0.333. The molecule has 14 heavy (non-hydrogen) atoms. The third-order valence-corrected chi connectivity index (χ3v) is 2.50. The fourth-order valence-electron chi connectivity index (χ4n) is 1.76. The Labute approximate surface area is 83.6 Å². The molecule has 0 saturated heterocycles. The van der Waals surface area contributed by atoms with Gasteiger partial charge in [0.15, 0.2) is 0 Å². The standard InChI is InChI=1S/C12H15NO/c1-12(2,3)9-7-13-11-8(9)5-4-6-10(11)14/h4-7,13-14H,1-3H3. The minimum absolute atomic E-state index is 0.103. The molecule has 0 unspecified atom stereocenters. The van der Waals surface area contributed by atoms with Crippen LogP contribution in [0.1, 0.15) is 26.3 Å². The van der Waals surface area contributed by atoms with Crippen LogP contribution in [0.2, 0.25) is 0 Å². The van der Waals surface area contributed by atoms with E-state index in [1.54, 1.807) is 6.07 Å². The Kier molecular flexibility index (Phi) is 1.81. The molecule has 0 aliphatic rings. The van der Waals surface area contributed by atoms with E-state index in [0.29, 0.717) is 5.75 Å². The molecule has 0 aliphatic heterocycles. The van der Waals surface area contributed by atoms with Gasteiger partial charge in [0.2, 0.25) is 0 Å². The summed E-state index contributed by atoms with van der Waals surface area (Å²) in [5, 5.41) is 10.7. The Morgan fingerprint density at radius 3 is 2.57 bits per heavy atom. The number of hydrogen-bond acceptors (Lipinski definition) is 1. The molecule has 2 nitrogen and oxygen atoms in total. The summed E-state index contributed by atoms with van der Waals surface area (Å²) in [6.45, 7) is 6.50. The number of nitrogens with one attached hydrogen (secondary N) is 1. The average Bonchev–Trinajstić information content (AvgIpc) is 2.47. The minimum atomic E-state index is 0.103. The number of phenolic OH excluding ortho intramolecular Hbond substituents is 1. The molecule has 0 fully saturated rings. The van der Waals surface area contributed by atoms with Crippen molar-refractivity contribution in [1.29, 1.82) is 0 Å². The number of H-pyrrole nitrogens is 1. The molecule has 0 bridgehead atoms. The Balaban J connectivity index is 2.76. The van der Waals surface area contributed by atoms with Gasteiger partial charge in [-0.3, -0.25) is 0 Å². The second-order valence-corrected chi connectivity index (χ2v) is 4.65. The number of hydrogen-bond donors (Lipinski definition) is 2. The molecule has 0 radical (unpaired) electrons. The number of benzene rings is 1. The second-order valence-electron chi connectivity index (χ2n) is 4.65. The van der Waals surface area contributed by atoms with Crippen LogP contribution in [-0.2, 0) is 5.41 Å². The first-order valence-electron chi connectivity index (χ1n) is 4.79. The van der Waals surface area contributed by atoms with Gasteiger partial charge >= 0.3 is 0 Å². The molecular weight excluding hydrogens is 174 g/mol. The second kappa shape index (κ2) is 2.77. The smallest absolute Gasteiger partial charge is 0.139 e. The fourth-order valence-corrected chi connectivity index (χ4v) is 1.76. The number of phenols is 1. The largest absolute Gasteiger partial charge is 0.506 e. The maximum atomic E-state index is 9.62. The van der Waals surface area contributed by atoms with E-state index in [9.17, 15) is 5.11 Å². The number of fused-ring (bicyclic) bond motifs is 1. The van der Waals surface area contributed by atoms with Gasteiger partial charge in [-0.15, -0.1) is 0 Å². The summed E-state index contributed by atoms with van der Waals surface area (Å²) in [5.41, 5.74) is 2.17. The van der Waals surface area contributed by atoms with Crippen LogP contribution >= 0.6 is 0 Å². The van der Waals surface area contributed by atoms with Gasteiger partial charge in [0, 0.05) is 11.6 Å². The quantitative estimate of drug-likeness (QED) is 0.656.